The van der Waals surface area contributed by atoms with Crippen molar-refractivity contribution in [1.82, 2.24) is 0 Å². The molecular formula is C17H18N2O4S2. The number of amides is 1. The number of benzene rings is 2. The van der Waals surface area contributed by atoms with Crippen molar-refractivity contribution in [3.8, 4) is 0 Å². The minimum absolute atomic E-state index is 0.122. The highest BCUT2D eigenvalue weighted by molar-refractivity contribution is 7.90. The Morgan fingerprint density at radius 1 is 1.12 bits per heavy atom. The van der Waals surface area contributed by atoms with Gasteiger partial charge in [0, 0.05) is 11.9 Å². The van der Waals surface area contributed by atoms with Crippen LogP contribution in [0.25, 0.3) is 0 Å². The van der Waals surface area contributed by atoms with Gasteiger partial charge >= 0.3 is 6.09 Å². The Morgan fingerprint density at radius 2 is 1.72 bits per heavy atom. The van der Waals surface area contributed by atoms with Crippen molar-refractivity contribution in [2.45, 2.75) is 11.8 Å². The maximum absolute atomic E-state index is 12.3. The van der Waals surface area contributed by atoms with E-state index < -0.39 is 15.9 Å². The molecule has 25 heavy (non-hydrogen) atoms. The van der Waals surface area contributed by atoms with E-state index >= 15 is 0 Å². The minimum Gasteiger partial charge on any atom is -0.449 e. The van der Waals surface area contributed by atoms with Crippen LogP contribution in [0.4, 0.5) is 16.2 Å². The third kappa shape index (κ3) is 5.01. The molecule has 2 aromatic rings. The summed E-state index contributed by atoms with van der Waals surface area (Å²) in [5, 5.41) is 3.04. The minimum atomic E-state index is -3.27. The molecule has 0 spiro atoms. The average Bonchev–Trinajstić information content (AvgIpc) is 2.56. The monoisotopic (exact) mass is 378 g/mol. The maximum atomic E-state index is 12.3. The SMILES string of the molecule is CCOC(=O)N(C(=S)Nc1ccc(S(C)(=O)=O)cc1)c1ccccc1. The zero-order chi connectivity index (χ0) is 18.4. The van der Waals surface area contributed by atoms with Gasteiger partial charge in [-0.05, 0) is 55.5 Å². The Kier molecular flexibility index (Phi) is 6.11. The number of carbonyl (C=O) groups excluding carboxylic acids is 1. The van der Waals surface area contributed by atoms with Crippen LogP contribution < -0.4 is 10.2 Å². The summed E-state index contributed by atoms with van der Waals surface area (Å²) >= 11 is 5.33. The number of hydrogen-bond donors (Lipinski definition) is 1. The molecule has 1 amide bonds. The summed E-state index contributed by atoms with van der Waals surface area (Å²) in [6, 6.07) is 15.0. The predicted molar refractivity (Wildman–Crippen MR) is 102 cm³/mol. The molecule has 8 heteroatoms. The molecule has 2 aromatic carbocycles. The van der Waals surface area contributed by atoms with Crippen molar-refractivity contribution < 1.29 is 17.9 Å². The Balaban J connectivity index is 2.24. The molecule has 0 radical (unpaired) electrons. The number of para-hydroxylation sites is 1. The van der Waals surface area contributed by atoms with E-state index in [1.165, 1.54) is 17.0 Å². The highest BCUT2D eigenvalue weighted by Crippen LogP contribution is 2.19. The fourth-order valence-corrected chi connectivity index (χ4v) is 2.96. The Morgan fingerprint density at radius 3 is 2.24 bits per heavy atom. The first-order chi connectivity index (χ1) is 11.8. The van der Waals surface area contributed by atoms with Crippen LogP contribution in [-0.2, 0) is 14.6 Å². The van der Waals surface area contributed by atoms with E-state index in [9.17, 15) is 13.2 Å². The second-order valence-corrected chi connectivity index (χ2v) is 7.50. The Bertz CT molecular complexity index is 850. The molecular weight excluding hydrogens is 360 g/mol. The lowest BCUT2D eigenvalue weighted by atomic mass is 10.3. The number of ether oxygens (including phenoxy) is 1. The molecule has 0 bridgehead atoms. The van der Waals surface area contributed by atoms with Crippen molar-refractivity contribution in [3.63, 3.8) is 0 Å². The van der Waals surface area contributed by atoms with Gasteiger partial charge in [-0.25, -0.2) is 18.1 Å². The summed E-state index contributed by atoms with van der Waals surface area (Å²) in [4.78, 5) is 13.7. The number of rotatable bonds is 4. The number of sulfone groups is 1. The van der Waals surface area contributed by atoms with E-state index in [0.29, 0.717) is 11.4 Å². The fourth-order valence-electron chi connectivity index (χ4n) is 2.04. The van der Waals surface area contributed by atoms with Gasteiger partial charge in [0.15, 0.2) is 14.9 Å². The summed E-state index contributed by atoms with van der Waals surface area (Å²) in [6.45, 7) is 1.93. The quantitative estimate of drug-likeness (QED) is 0.822. The van der Waals surface area contributed by atoms with Crippen LogP contribution in [-0.4, -0.2) is 32.5 Å². The van der Waals surface area contributed by atoms with Crippen LogP contribution in [0.5, 0.6) is 0 Å². The largest absolute Gasteiger partial charge is 0.449 e. The molecule has 132 valence electrons. The summed E-state index contributed by atoms with van der Waals surface area (Å²) in [5.41, 5.74) is 1.12. The van der Waals surface area contributed by atoms with Gasteiger partial charge < -0.3 is 10.1 Å². The molecule has 0 fully saturated rings. The number of hydrogen-bond acceptors (Lipinski definition) is 5. The Hall–Kier alpha value is -2.45. The lowest BCUT2D eigenvalue weighted by molar-refractivity contribution is 0.163. The van der Waals surface area contributed by atoms with Gasteiger partial charge in [-0.1, -0.05) is 18.2 Å². The summed E-state index contributed by atoms with van der Waals surface area (Å²) < 4.78 is 28.1. The topological polar surface area (TPSA) is 75.7 Å². The zero-order valence-electron chi connectivity index (χ0n) is 13.8. The van der Waals surface area contributed by atoms with Gasteiger partial charge in [0.1, 0.15) is 0 Å². The van der Waals surface area contributed by atoms with Crippen LogP contribution in [0.15, 0.2) is 59.5 Å². The maximum Gasteiger partial charge on any atom is 0.420 e. The normalized spacial score (nSPS) is 10.8. The number of thiocarbonyl (C=S) groups is 1. The van der Waals surface area contributed by atoms with Gasteiger partial charge in [0.2, 0.25) is 0 Å². The molecule has 6 nitrogen and oxygen atoms in total. The lowest BCUT2D eigenvalue weighted by Crippen LogP contribution is -2.40. The van der Waals surface area contributed by atoms with E-state index in [0.717, 1.165) is 6.26 Å². The number of carbonyl (C=O) groups is 1. The van der Waals surface area contributed by atoms with Crippen molar-refractivity contribution in [2.75, 3.05) is 23.1 Å². The standard InChI is InChI=1S/C17H18N2O4S2/c1-3-23-17(20)19(14-7-5-4-6-8-14)16(24)18-13-9-11-15(12-10-13)25(2,21)22/h4-12H,3H2,1-2H3,(H,18,24). The molecule has 1 N–H and O–H groups in total. The molecule has 0 heterocycles. The van der Waals surface area contributed by atoms with Gasteiger partial charge in [0.25, 0.3) is 0 Å². The third-order valence-corrected chi connectivity index (χ3v) is 4.61. The third-order valence-electron chi connectivity index (χ3n) is 3.20. The molecule has 0 aromatic heterocycles. The van der Waals surface area contributed by atoms with E-state index in [2.05, 4.69) is 5.32 Å². The fraction of sp³-hybridized carbons (Fsp3) is 0.176. The first-order valence-corrected chi connectivity index (χ1v) is 9.76. The first kappa shape index (κ1) is 18.9. The van der Waals surface area contributed by atoms with Gasteiger partial charge in [-0.15, -0.1) is 0 Å². The highest BCUT2D eigenvalue weighted by atomic mass is 32.2. The van der Waals surface area contributed by atoms with Gasteiger partial charge in [-0.3, -0.25) is 0 Å². The molecule has 0 unspecified atom stereocenters. The first-order valence-electron chi connectivity index (χ1n) is 7.46. The van der Waals surface area contributed by atoms with E-state index in [-0.39, 0.29) is 16.6 Å². The number of nitrogens with one attached hydrogen (secondary N) is 1. The number of anilines is 2. The molecule has 0 aliphatic carbocycles. The van der Waals surface area contributed by atoms with E-state index in [1.807, 2.05) is 6.07 Å². The van der Waals surface area contributed by atoms with Crippen molar-refractivity contribution >= 4 is 44.6 Å². The van der Waals surface area contributed by atoms with Crippen LogP contribution in [0, 0.1) is 0 Å². The summed E-state index contributed by atoms with van der Waals surface area (Å²) in [6.07, 6.45) is 0.539. The molecule has 0 aliphatic rings. The predicted octanol–water partition coefficient (Wildman–Crippen LogP) is 3.45. The van der Waals surface area contributed by atoms with Crippen LogP contribution in [0.1, 0.15) is 6.92 Å². The number of nitrogens with zero attached hydrogens (tertiary/aromatic N) is 1. The highest BCUT2D eigenvalue weighted by Gasteiger charge is 2.21. The average molecular weight is 378 g/mol. The molecule has 0 saturated carbocycles. The van der Waals surface area contributed by atoms with Crippen molar-refractivity contribution in [2.24, 2.45) is 0 Å². The van der Waals surface area contributed by atoms with Crippen LogP contribution >= 0.6 is 12.2 Å². The van der Waals surface area contributed by atoms with Crippen LogP contribution in [0.3, 0.4) is 0 Å². The van der Waals surface area contributed by atoms with Gasteiger partial charge in [0.05, 0.1) is 17.2 Å². The zero-order valence-corrected chi connectivity index (χ0v) is 15.4. The molecule has 2 rings (SSSR count). The van der Waals surface area contributed by atoms with Crippen LogP contribution in [0.2, 0.25) is 0 Å². The smallest absolute Gasteiger partial charge is 0.420 e. The molecule has 0 saturated heterocycles. The summed E-state index contributed by atoms with van der Waals surface area (Å²) in [7, 11) is -3.27. The van der Waals surface area contributed by atoms with Crippen molar-refractivity contribution in [3.05, 3.63) is 54.6 Å². The molecule has 0 aliphatic heterocycles. The molecule has 0 atom stereocenters. The van der Waals surface area contributed by atoms with E-state index in [1.54, 1.807) is 43.3 Å². The Labute approximate surface area is 152 Å². The van der Waals surface area contributed by atoms with Gasteiger partial charge in [-0.2, -0.15) is 0 Å². The second kappa shape index (κ2) is 8.09. The van der Waals surface area contributed by atoms with E-state index in [4.69, 9.17) is 17.0 Å². The lowest BCUT2D eigenvalue weighted by Gasteiger charge is -2.23. The van der Waals surface area contributed by atoms with Crippen molar-refractivity contribution in [1.29, 1.82) is 0 Å². The summed E-state index contributed by atoms with van der Waals surface area (Å²) in [5.74, 6) is 0. The second-order valence-electron chi connectivity index (χ2n) is 5.10.